The topological polar surface area (TPSA) is 68.3 Å². The molecule has 0 unspecified atom stereocenters. The van der Waals surface area contributed by atoms with Gasteiger partial charge in [-0.05, 0) is 73.8 Å². The van der Waals surface area contributed by atoms with E-state index in [-0.39, 0.29) is 36.3 Å². The molecule has 0 spiro atoms. The Kier molecular flexibility index (Phi) is 5.86. The normalized spacial score (nSPS) is 31.2. The minimum atomic E-state index is -0.190. The Labute approximate surface area is 160 Å². The van der Waals surface area contributed by atoms with Gasteiger partial charge in [-0.15, -0.1) is 0 Å². The van der Waals surface area contributed by atoms with Crippen molar-refractivity contribution in [3.63, 3.8) is 0 Å². The lowest BCUT2D eigenvalue weighted by Gasteiger charge is -2.56. The van der Waals surface area contributed by atoms with Gasteiger partial charge in [-0.25, -0.2) is 0 Å². The molecule has 5 rings (SSSR count). The summed E-state index contributed by atoms with van der Waals surface area (Å²) in [5, 5.41) is 2.76. The van der Waals surface area contributed by atoms with E-state index in [1.165, 1.54) is 44.7 Å². The zero-order valence-electron chi connectivity index (χ0n) is 15.0. The van der Waals surface area contributed by atoms with Gasteiger partial charge in [0.25, 0.3) is 5.91 Å². The average Bonchev–Trinajstić information content (AvgIpc) is 2.57. The number of hydrogen-bond donors (Lipinski definition) is 1. The Bertz CT molecular complexity index is 614. The SMILES string of the molecule is O=C(CC12CC3CC(CC(C3)C1)C2)OCCNC(=O)c1cccnc1.[Cl-]. The first kappa shape index (κ1) is 19.2. The van der Waals surface area contributed by atoms with Crippen LogP contribution >= 0.6 is 0 Å². The molecule has 0 atom stereocenters. The first-order valence-corrected chi connectivity index (χ1v) is 9.46. The molecule has 4 fully saturated rings. The van der Waals surface area contributed by atoms with Crippen LogP contribution in [-0.2, 0) is 9.53 Å². The van der Waals surface area contributed by atoms with Crippen LogP contribution in [0.4, 0.5) is 0 Å². The van der Waals surface area contributed by atoms with Crippen molar-refractivity contribution in [3.8, 4) is 0 Å². The number of hydrogen-bond acceptors (Lipinski definition) is 4. The highest BCUT2D eigenvalue weighted by Gasteiger charge is 2.51. The molecular weight excluding hydrogens is 352 g/mol. The predicted octanol–water partition coefficient (Wildman–Crippen LogP) is -0.0349. The summed E-state index contributed by atoms with van der Waals surface area (Å²) in [6, 6.07) is 3.43. The third kappa shape index (κ3) is 4.20. The van der Waals surface area contributed by atoms with Crippen molar-refractivity contribution >= 4 is 11.9 Å². The van der Waals surface area contributed by atoms with Gasteiger partial charge in [0.2, 0.25) is 0 Å². The Hall–Kier alpha value is -1.62. The van der Waals surface area contributed by atoms with Crippen molar-refractivity contribution in [2.45, 2.75) is 44.9 Å². The molecule has 0 radical (unpaired) electrons. The molecule has 0 aliphatic heterocycles. The Morgan fingerprint density at radius 2 is 1.81 bits per heavy atom. The molecule has 6 heteroatoms. The van der Waals surface area contributed by atoms with Crippen LogP contribution in [0.3, 0.4) is 0 Å². The molecule has 4 saturated carbocycles. The number of amides is 1. The molecular formula is C20H26ClN2O3-. The fraction of sp³-hybridized carbons (Fsp3) is 0.650. The molecule has 5 nitrogen and oxygen atoms in total. The number of ether oxygens (including phenoxy) is 1. The summed E-state index contributed by atoms with van der Waals surface area (Å²) in [5.41, 5.74) is 0.729. The third-order valence-electron chi connectivity index (χ3n) is 6.26. The van der Waals surface area contributed by atoms with E-state index in [0.29, 0.717) is 18.5 Å². The van der Waals surface area contributed by atoms with Gasteiger partial charge in [-0.1, -0.05) is 0 Å². The number of carbonyl (C=O) groups excluding carboxylic acids is 2. The van der Waals surface area contributed by atoms with Gasteiger partial charge in [-0.2, -0.15) is 0 Å². The highest BCUT2D eigenvalue weighted by molar-refractivity contribution is 5.93. The molecule has 4 bridgehead atoms. The van der Waals surface area contributed by atoms with Crippen molar-refractivity contribution in [2.24, 2.45) is 23.2 Å². The van der Waals surface area contributed by atoms with E-state index in [0.717, 1.165) is 17.8 Å². The predicted molar refractivity (Wildman–Crippen MR) is 92.8 cm³/mol. The fourth-order valence-corrected chi connectivity index (χ4v) is 5.79. The number of esters is 1. The van der Waals surface area contributed by atoms with Crippen LogP contribution in [0.2, 0.25) is 0 Å². The standard InChI is InChI=1S/C20H26N2O3.ClH/c23-18(25-5-4-22-19(24)17-2-1-3-21-13-17)12-20-9-14-6-15(10-20)8-16(7-14)11-20;/h1-3,13-16H,4-12H2,(H,22,24);1H/p-1. The highest BCUT2D eigenvalue weighted by Crippen LogP contribution is 2.61. The monoisotopic (exact) mass is 377 g/mol. The van der Waals surface area contributed by atoms with Crippen molar-refractivity contribution in [1.82, 2.24) is 10.3 Å². The van der Waals surface area contributed by atoms with E-state index < -0.39 is 0 Å². The van der Waals surface area contributed by atoms with E-state index in [9.17, 15) is 9.59 Å². The summed E-state index contributed by atoms with van der Waals surface area (Å²) in [5.74, 6) is 2.25. The van der Waals surface area contributed by atoms with E-state index in [1.54, 1.807) is 18.3 Å². The molecule has 4 aliphatic rings. The lowest BCUT2D eigenvalue weighted by molar-refractivity contribution is -0.151. The highest BCUT2D eigenvalue weighted by atomic mass is 35.5. The third-order valence-corrected chi connectivity index (χ3v) is 6.26. The maximum atomic E-state index is 12.3. The molecule has 4 aliphatic carbocycles. The van der Waals surface area contributed by atoms with Gasteiger partial charge in [0.15, 0.2) is 0 Å². The van der Waals surface area contributed by atoms with Crippen molar-refractivity contribution in [1.29, 1.82) is 0 Å². The van der Waals surface area contributed by atoms with Gasteiger partial charge in [0.1, 0.15) is 6.61 Å². The van der Waals surface area contributed by atoms with E-state index in [1.807, 2.05) is 0 Å². The van der Waals surface area contributed by atoms with Gasteiger partial charge in [0, 0.05) is 12.4 Å². The maximum absolute atomic E-state index is 12.3. The van der Waals surface area contributed by atoms with Crippen LogP contribution in [0.15, 0.2) is 24.5 Å². The molecule has 1 heterocycles. The van der Waals surface area contributed by atoms with Crippen LogP contribution in [0.5, 0.6) is 0 Å². The molecule has 0 aromatic carbocycles. The van der Waals surface area contributed by atoms with Crippen molar-refractivity contribution in [3.05, 3.63) is 30.1 Å². The van der Waals surface area contributed by atoms with Gasteiger partial charge >= 0.3 is 5.97 Å². The zero-order valence-corrected chi connectivity index (χ0v) is 15.7. The van der Waals surface area contributed by atoms with Crippen molar-refractivity contribution in [2.75, 3.05) is 13.2 Å². The second-order valence-electron chi connectivity index (χ2n) is 8.31. The zero-order chi connectivity index (χ0) is 17.3. The Balaban J connectivity index is 0.00000196. The van der Waals surface area contributed by atoms with E-state index in [2.05, 4.69) is 10.3 Å². The molecule has 26 heavy (non-hydrogen) atoms. The van der Waals surface area contributed by atoms with Crippen LogP contribution < -0.4 is 17.7 Å². The van der Waals surface area contributed by atoms with Crippen LogP contribution in [0, 0.1) is 23.2 Å². The lowest BCUT2D eigenvalue weighted by Crippen LogP contribution is -3.00. The van der Waals surface area contributed by atoms with Crippen molar-refractivity contribution < 1.29 is 26.7 Å². The van der Waals surface area contributed by atoms with E-state index >= 15 is 0 Å². The largest absolute Gasteiger partial charge is 1.00 e. The van der Waals surface area contributed by atoms with Gasteiger partial charge < -0.3 is 22.5 Å². The first-order chi connectivity index (χ1) is 12.1. The maximum Gasteiger partial charge on any atom is 0.306 e. The number of carbonyl (C=O) groups is 2. The van der Waals surface area contributed by atoms with Gasteiger partial charge in [-0.3, -0.25) is 14.6 Å². The smallest absolute Gasteiger partial charge is 0.306 e. The average molecular weight is 378 g/mol. The summed E-state index contributed by atoms with van der Waals surface area (Å²) >= 11 is 0. The number of rotatable bonds is 6. The molecule has 1 N–H and O–H groups in total. The number of nitrogens with zero attached hydrogens (tertiary/aromatic N) is 1. The molecule has 1 amide bonds. The summed E-state index contributed by atoms with van der Waals surface area (Å²) in [4.78, 5) is 28.1. The lowest BCUT2D eigenvalue weighted by atomic mass is 9.49. The Morgan fingerprint density at radius 1 is 1.15 bits per heavy atom. The summed E-state index contributed by atoms with van der Waals surface area (Å²) < 4.78 is 5.40. The molecule has 1 aromatic rings. The summed E-state index contributed by atoms with van der Waals surface area (Å²) in [6.07, 6.45) is 11.5. The number of nitrogens with one attached hydrogen (secondary N) is 1. The molecule has 0 saturated heterocycles. The minimum Gasteiger partial charge on any atom is -1.00 e. The fourth-order valence-electron chi connectivity index (χ4n) is 5.79. The summed E-state index contributed by atoms with van der Waals surface area (Å²) in [6.45, 7) is 0.567. The quantitative estimate of drug-likeness (QED) is 0.558. The number of halogens is 1. The minimum absolute atomic E-state index is 0. The van der Waals surface area contributed by atoms with Crippen LogP contribution in [-0.4, -0.2) is 30.0 Å². The Morgan fingerprint density at radius 3 is 2.38 bits per heavy atom. The van der Waals surface area contributed by atoms with Gasteiger partial charge in [0.05, 0.1) is 18.5 Å². The molecule has 1 aromatic heterocycles. The second kappa shape index (κ2) is 7.95. The van der Waals surface area contributed by atoms with E-state index in [4.69, 9.17) is 4.74 Å². The summed E-state index contributed by atoms with van der Waals surface area (Å²) in [7, 11) is 0. The second-order valence-corrected chi connectivity index (χ2v) is 8.31. The van der Waals surface area contributed by atoms with Crippen LogP contribution in [0.1, 0.15) is 55.3 Å². The number of pyridine rings is 1. The van der Waals surface area contributed by atoms with Crippen LogP contribution in [0.25, 0.3) is 0 Å². The molecule has 142 valence electrons. The number of aromatic nitrogens is 1. The first-order valence-electron chi connectivity index (χ1n) is 9.46.